The lowest BCUT2D eigenvalue weighted by atomic mass is 10.0. The van der Waals surface area contributed by atoms with E-state index in [1.165, 1.54) is 6.92 Å². The predicted molar refractivity (Wildman–Crippen MR) is 58.5 cm³/mol. The SMILES string of the molecule is CSc1c(C(=O)O)c(C)cc(O)c1C(=O)O. The number of aromatic carboxylic acids is 2. The van der Waals surface area contributed by atoms with E-state index in [-0.39, 0.29) is 16.0 Å². The average Bonchev–Trinajstić information content (AvgIpc) is 2.14. The quantitative estimate of drug-likeness (QED) is 0.700. The first-order valence-corrected chi connectivity index (χ1v) is 5.49. The topological polar surface area (TPSA) is 94.8 Å². The minimum Gasteiger partial charge on any atom is -0.507 e. The Bertz CT molecular complexity index is 429. The number of carboxylic acid groups (broad SMARTS) is 2. The van der Waals surface area contributed by atoms with Crippen LogP contribution in [0.4, 0.5) is 0 Å². The largest absolute Gasteiger partial charge is 0.507 e. The van der Waals surface area contributed by atoms with E-state index < -0.39 is 17.7 Å². The first-order chi connectivity index (χ1) is 7.40. The van der Waals surface area contributed by atoms with Crippen molar-refractivity contribution in [2.45, 2.75) is 11.8 Å². The molecule has 0 spiro atoms. The van der Waals surface area contributed by atoms with Gasteiger partial charge in [0.05, 0.1) is 5.56 Å². The molecule has 16 heavy (non-hydrogen) atoms. The van der Waals surface area contributed by atoms with Crippen LogP contribution in [0.25, 0.3) is 0 Å². The molecule has 3 N–H and O–H groups in total. The molecule has 0 aliphatic rings. The van der Waals surface area contributed by atoms with Gasteiger partial charge < -0.3 is 15.3 Å². The lowest BCUT2D eigenvalue weighted by molar-refractivity contribution is 0.0687. The van der Waals surface area contributed by atoms with Gasteiger partial charge in [0, 0.05) is 4.90 Å². The lowest BCUT2D eigenvalue weighted by Crippen LogP contribution is -2.08. The van der Waals surface area contributed by atoms with Crippen LogP contribution in [0.1, 0.15) is 26.3 Å². The number of thioether (sulfide) groups is 1. The van der Waals surface area contributed by atoms with Gasteiger partial charge in [-0.15, -0.1) is 11.8 Å². The molecule has 5 nitrogen and oxygen atoms in total. The Morgan fingerprint density at radius 2 is 1.69 bits per heavy atom. The molecule has 0 atom stereocenters. The van der Waals surface area contributed by atoms with E-state index in [1.54, 1.807) is 6.26 Å². The van der Waals surface area contributed by atoms with Crippen molar-refractivity contribution in [1.82, 2.24) is 0 Å². The molecule has 0 amide bonds. The Morgan fingerprint density at radius 3 is 2.06 bits per heavy atom. The highest BCUT2D eigenvalue weighted by molar-refractivity contribution is 7.98. The zero-order valence-electron chi connectivity index (χ0n) is 8.64. The number of rotatable bonds is 3. The Morgan fingerprint density at radius 1 is 1.19 bits per heavy atom. The Balaban J connectivity index is 3.69. The van der Waals surface area contributed by atoms with Gasteiger partial charge in [0.2, 0.25) is 0 Å². The summed E-state index contributed by atoms with van der Waals surface area (Å²) in [5, 5.41) is 27.4. The van der Waals surface area contributed by atoms with Crippen molar-refractivity contribution >= 4 is 23.7 Å². The normalized spacial score (nSPS) is 10.1. The van der Waals surface area contributed by atoms with E-state index in [9.17, 15) is 14.7 Å². The smallest absolute Gasteiger partial charge is 0.340 e. The second-order valence-corrected chi connectivity index (χ2v) is 3.92. The van der Waals surface area contributed by atoms with Gasteiger partial charge in [-0.05, 0) is 24.8 Å². The molecule has 0 saturated carbocycles. The maximum atomic E-state index is 11.0. The third-order valence-corrected chi connectivity index (χ3v) is 2.91. The highest BCUT2D eigenvalue weighted by Gasteiger charge is 2.24. The fraction of sp³-hybridized carbons (Fsp3) is 0.200. The van der Waals surface area contributed by atoms with E-state index in [2.05, 4.69) is 0 Å². The van der Waals surface area contributed by atoms with Gasteiger partial charge in [-0.1, -0.05) is 0 Å². The summed E-state index contributed by atoms with van der Waals surface area (Å²) in [6, 6.07) is 1.15. The maximum Gasteiger partial charge on any atom is 0.340 e. The highest BCUT2D eigenvalue weighted by atomic mass is 32.2. The Hall–Kier alpha value is -1.69. The van der Waals surface area contributed by atoms with Crippen molar-refractivity contribution in [3.05, 3.63) is 22.8 Å². The molecule has 0 fully saturated rings. The van der Waals surface area contributed by atoms with E-state index >= 15 is 0 Å². The van der Waals surface area contributed by atoms with Crippen molar-refractivity contribution in [3.63, 3.8) is 0 Å². The van der Waals surface area contributed by atoms with Gasteiger partial charge in [-0.2, -0.15) is 0 Å². The number of aryl methyl sites for hydroxylation is 1. The standard InChI is InChI=1S/C10H10O5S/c1-4-3-5(11)7(10(14)15)8(16-2)6(4)9(12)13/h3,11H,1-2H3,(H,12,13)(H,14,15). The molecule has 0 heterocycles. The van der Waals surface area contributed by atoms with Crippen molar-refractivity contribution in [1.29, 1.82) is 0 Å². The number of carbonyl (C=O) groups is 2. The number of benzene rings is 1. The predicted octanol–water partition coefficient (Wildman–Crippen LogP) is 1.82. The zero-order valence-corrected chi connectivity index (χ0v) is 9.46. The van der Waals surface area contributed by atoms with Gasteiger partial charge in [-0.25, -0.2) is 9.59 Å². The summed E-state index contributed by atoms with van der Waals surface area (Å²) in [7, 11) is 0. The maximum absolute atomic E-state index is 11.0. The minimum atomic E-state index is -1.34. The van der Waals surface area contributed by atoms with Crippen molar-refractivity contribution in [2.75, 3.05) is 6.26 Å². The number of phenols is 1. The van der Waals surface area contributed by atoms with Crippen LogP contribution in [-0.4, -0.2) is 33.5 Å². The molecule has 1 aromatic rings. The van der Waals surface area contributed by atoms with Crippen molar-refractivity contribution in [3.8, 4) is 5.75 Å². The van der Waals surface area contributed by atoms with E-state index in [1.807, 2.05) is 0 Å². The van der Waals surface area contributed by atoms with Crippen LogP contribution >= 0.6 is 11.8 Å². The van der Waals surface area contributed by atoms with Crippen molar-refractivity contribution < 1.29 is 24.9 Å². The molecule has 86 valence electrons. The summed E-state index contributed by atoms with van der Waals surface area (Å²) < 4.78 is 0. The third-order valence-electron chi connectivity index (χ3n) is 2.09. The van der Waals surface area contributed by atoms with Crippen LogP contribution in [0.5, 0.6) is 5.75 Å². The number of hydrogen-bond acceptors (Lipinski definition) is 4. The second kappa shape index (κ2) is 4.44. The summed E-state index contributed by atoms with van der Waals surface area (Å²) in [6.07, 6.45) is 1.56. The van der Waals surface area contributed by atoms with E-state index in [4.69, 9.17) is 10.2 Å². The number of hydrogen-bond donors (Lipinski definition) is 3. The van der Waals surface area contributed by atoms with Crippen LogP contribution in [0.2, 0.25) is 0 Å². The van der Waals surface area contributed by atoms with Gasteiger partial charge in [0.25, 0.3) is 0 Å². The molecule has 1 aromatic carbocycles. The summed E-state index contributed by atoms with van der Waals surface area (Å²) in [6.45, 7) is 1.51. The van der Waals surface area contributed by atoms with Gasteiger partial charge >= 0.3 is 11.9 Å². The van der Waals surface area contributed by atoms with Crippen LogP contribution in [0, 0.1) is 6.92 Å². The third kappa shape index (κ3) is 1.96. The zero-order chi connectivity index (χ0) is 12.5. The van der Waals surface area contributed by atoms with Gasteiger partial charge in [0.1, 0.15) is 11.3 Å². The first kappa shape index (κ1) is 12.4. The van der Waals surface area contributed by atoms with E-state index in [0.29, 0.717) is 5.56 Å². The number of carboxylic acids is 2. The van der Waals surface area contributed by atoms with Crippen LogP contribution in [0.15, 0.2) is 11.0 Å². The van der Waals surface area contributed by atoms with Crippen LogP contribution < -0.4 is 0 Å². The molecule has 0 radical (unpaired) electrons. The minimum absolute atomic E-state index is 0.0671. The summed E-state index contributed by atoms with van der Waals surface area (Å²) in [5.74, 6) is -2.96. The second-order valence-electron chi connectivity index (χ2n) is 3.11. The fourth-order valence-electron chi connectivity index (χ4n) is 1.45. The molecule has 1 rings (SSSR count). The molecular weight excluding hydrogens is 232 g/mol. The molecule has 0 saturated heterocycles. The lowest BCUT2D eigenvalue weighted by Gasteiger charge is -2.11. The Labute approximate surface area is 95.7 Å². The summed E-state index contributed by atoms with van der Waals surface area (Å²) >= 11 is 0.985. The van der Waals surface area contributed by atoms with Gasteiger partial charge in [0.15, 0.2) is 0 Å². The van der Waals surface area contributed by atoms with Crippen LogP contribution in [-0.2, 0) is 0 Å². The number of aromatic hydroxyl groups is 1. The molecule has 6 heteroatoms. The Kier molecular flexibility index (Phi) is 3.44. The molecule has 0 aromatic heterocycles. The molecule has 0 unspecified atom stereocenters. The first-order valence-electron chi connectivity index (χ1n) is 4.27. The van der Waals surface area contributed by atoms with Gasteiger partial charge in [-0.3, -0.25) is 0 Å². The van der Waals surface area contributed by atoms with Crippen LogP contribution in [0.3, 0.4) is 0 Å². The van der Waals surface area contributed by atoms with Crippen molar-refractivity contribution in [2.24, 2.45) is 0 Å². The molecule has 0 aliphatic heterocycles. The van der Waals surface area contributed by atoms with E-state index in [0.717, 1.165) is 17.8 Å². The monoisotopic (exact) mass is 242 g/mol. The summed E-state index contributed by atoms with van der Waals surface area (Å²) in [5.41, 5.74) is -0.113. The highest BCUT2D eigenvalue weighted by Crippen LogP contribution is 2.34. The average molecular weight is 242 g/mol. The molecule has 0 bridgehead atoms. The molecular formula is C10H10O5S. The molecule has 0 aliphatic carbocycles. The summed E-state index contributed by atoms with van der Waals surface area (Å²) in [4.78, 5) is 22.0. The fourth-order valence-corrected chi connectivity index (χ4v) is 2.29.